The topological polar surface area (TPSA) is 90.5 Å². The maximum Gasteiger partial charge on any atom is 0.416 e. The number of halogens is 5. The van der Waals surface area contributed by atoms with Gasteiger partial charge in [0.15, 0.2) is 0 Å². The summed E-state index contributed by atoms with van der Waals surface area (Å²) in [6.07, 6.45) is -4.59. The van der Waals surface area contributed by atoms with Crippen molar-refractivity contribution in [1.82, 2.24) is 9.62 Å². The Morgan fingerprint density at radius 1 is 1.03 bits per heavy atom. The summed E-state index contributed by atoms with van der Waals surface area (Å²) >= 11 is 11.8. The number of carbonyl (C=O) groups is 1. The van der Waals surface area contributed by atoms with Gasteiger partial charge < -0.3 is 10.6 Å². The normalized spacial score (nSPS) is 15.5. The standard InChI is InChI=1S/C18H17Cl2F3N4O3S/c19-12-2-4-15(26-31(29,30)27-7-5-24-6-8-27)13(10-12)17(28)25-16-3-1-11(9-14(16)20)18(21,22)23/h1-4,9-10,24,26H,5-8H2,(H,25,28). The molecule has 1 aliphatic rings. The third-order valence-corrected chi connectivity index (χ3v) is 6.50. The minimum atomic E-state index is -4.59. The lowest BCUT2D eigenvalue weighted by molar-refractivity contribution is -0.137. The van der Waals surface area contributed by atoms with Crippen molar-refractivity contribution in [2.24, 2.45) is 0 Å². The third kappa shape index (κ3) is 5.80. The van der Waals surface area contributed by atoms with Gasteiger partial charge in [0, 0.05) is 31.2 Å². The summed E-state index contributed by atoms with van der Waals surface area (Å²) < 4.78 is 67.3. The molecule has 0 radical (unpaired) electrons. The Morgan fingerprint density at radius 2 is 1.68 bits per heavy atom. The number of benzene rings is 2. The Labute approximate surface area is 186 Å². The summed E-state index contributed by atoms with van der Waals surface area (Å²) in [5.41, 5.74) is -1.20. The van der Waals surface area contributed by atoms with E-state index in [-0.39, 0.29) is 40.1 Å². The maximum atomic E-state index is 12.8. The molecule has 31 heavy (non-hydrogen) atoms. The van der Waals surface area contributed by atoms with Crippen molar-refractivity contribution >= 4 is 50.7 Å². The van der Waals surface area contributed by atoms with E-state index in [0.717, 1.165) is 12.1 Å². The van der Waals surface area contributed by atoms with E-state index >= 15 is 0 Å². The van der Waals surface area contributed by atoms with E-state index in [4.69, 9.17) is 23.2 Å². The molecule has 0 aromatic heterocycles. The van der Waals surface area contributed by atoms with Crippen molar-refractivity contribution in [1.29, 1.82) is 0 Å². The van der Waals surface area contributed by atoms with Crippen LogP contribution < -0.4 is 15.4 Å². The van der Waals surface area contributed by atoms with Gasteiger partial charge in [-0.2, -0.15) is 25.9 Å². The fourth-order valence-corrected chi connectivity index (χ4v) is 4.51. The summed E-state index contributed by atoms with van der Waals surface area (Å²) in [5, 5.41) is 5.25. The summed E-state index contributed by atoms with van der Waals surface area (Å²) in [5.74, 6) is -0.804. The van der Waals surface area contributed by atoms with Crippen molar-refractivity contribution < 1.29 is 26.4 Å². The first-order chi connectivity index (χ1) is 14.5. The molecular formula is C18H17Cl2F3N4O3S. The van der Waals surface area contributed by atoms with Gasteiger partial charge in [-0.25, -0.2) is 0 Å². The molecular weight excluding hydrogens is 480 g/mol. The smallest absolute Gasteiger partial charge is 0.321 e. The number of hydrogen-bond donors (Lipinski definition) is 3. The molecule has 0 spiro atoms. The van der Waals surface area contributed by atoms with Crippen LogP contribution in [0.4, 0.5) is 24.5 Å². The Hall–Kier alpha value is -2.05. The number of nitrogens with one attached hydrogen (secondary N) is 3. The molecule has 1 amide bonds. The van der Waals surface area contributed by atoms with Crippen LogP contribution in [0.15, 0.2) is 36.4 Å². The monoisotopic (exact) mass is 496 g/mol. The highest BCUT2D eigenvalue weighted by atomic mass is 35.5. The number of amides is 1. The first-order valence-corrected chi connectivity index (χ1v) is 11.1. The maximum absolute atomic E-state index is 12.8. The van der Waals surface area contributed by atoms with Crippen LogP contribution >= 0.6 is 23.2 Å². The van der Waals surface area contributed by atoms with Crippen LogP contribution in [0.5, 0.6) is 0 Å². The number of piperazine rings is 1. The van der Waals surface area contributed by atoms with Gasteiger partial charge in [0.25, 0.3) is 5.91 Å². The van der Waals surface area contributed by atoms with Crippen LogP contribution in [-0.4, -0.2) is 44.8 Å². The zero-order valence-corrected chi connectivity index (χ0v) is 18.1. The van der Waals surface area contributed by atoms with Gasteiger partial charge in [-0.05, 0) is 36.4 Å². The van der Waals surface area contributed by atoms with Gasteiger partial charge in [-0.15, -0.1) is 0 Å². The molecule has 1 aliphatic heterocycles. The van der Waals surface area contributed by atoms with Gasteiger partial charge in [0.2, 0.25) is 0 Å². The zero-order valence-electron chi connectivity index (χ0n) is 15.8. The lowest BCUT2D eigenvalue weighted by Crippen LogP contribution is -2.48. The molecule has 0 saturated carbocycles. The second-order valence-electron chi connectivity index (χ2n) is 6.59. The third-order valence-electron chi connectivity index (χ3n) is 4.43. The van der Waals surface area contributed by atoms with E-state index < -0.39 is 27.9 Å². The molecule has 3 rings (SSSR count). The molecule has 0 atom stereocenters. The van der Waals surface area contributed by atoms with Crippen molar-refractivity contribution in [3.05, 3.63) is 57.6 Å². The summed E-state index contributed by atoms with van der Waals surface area (Å²) in [6.45, 7) is 1.49. The average Bonchev–Trinajstić information content (AvgIpc) is 2.70. The summed E-state index contributed by atoms with van der Waals surface area (Å²) in [7, 11) is -3.94. The molecule has 7 nitrogen and oxygen atoms in total. The highest BCUT2D eigenvalue weighted by Gasteiger charge is 2.31. The average molecular weight is 497 g/mol. The van der Waals surface area contributed by atoms with Crippen LogP contribution in [0.2, 0.25) is 10.0 Å². The Balaban J connectivity index is 1.85. The molecule has 0 aliphatic carbocycles. The number of alkyl halides is 3. The van der Waals surface area contributed by atoms with E-state index in [9.17, 15) is 26.4 Å². The van der Waals surface area contributed by atoms with Gasteiger partial charge in [-0.3, -0.25) is 9.52 Å². The number of nitrogens with zero attached hydrogens (tertiary/aromatic N) is 1. The lowest BCUT2D eigenvalue weighted by Gasteiger charge is -2.27. The molecule has 2 aromatic rings. The van der Waals surface area contributed by atoms with Gasteiger partial charge in [-0.1, -0.05) is 23.2 Å². The molecule has 1 heterocycles. The first kappa shape index (κ1) is 23.6. The summed E-state index contributed by atoms with van der Waals surface area (Å²) in [4.78, 5) is 12.8. The molecule has 0 bridgehead atoms. The van der Waals surface area contributed by atoms with Gasteiger partial charge >= 0.3 is 16.4 Å². The van der Waals surface area contributed by atoms with E-state index in [1.165, 1.54) is 22.5 Å². The van der Waals surface area contributed by atoms with E-state index in [0.29, 0.717) is 19.2 Å². The predicted octanol–water partition coefficient (Wildman–Crippen LogP) is 3.83. The Kier molecular flexibility index (Phi) is 7.01. The number of anilines is 2. The minimum Gasteiger partial charge on any atom is -0.321 e. The molecule has 0 unspecified atom stereocenters. The molecule has 168 valence electrons. The fourth-order valence-electron chi connectivity index (χ4n) is 2.86. The van der Waals surface area contributed by atoms with Crippen LogP contribution in [-0.2, 0) is 16.4 Å². The SMILES string of the molecule is O=C(Nc1ccc(C(F)(F)F)cc1Cl)c1cc(Cl)ccc1NS(=O)(=O)N1CCNCC1. The largest absolute Gasteiger partial charge is 0.416 e. The van der Waals surface area contributed by atoms with Crippen LogP contribution in [0.3, 0.4) is 0 Å². The fraction of sp³-hybridized carbons (Fsp3) is 0.278. The molecule has 3 N–H and O–H groups in total. The second-order valence-corrected chi connectivity index (χ2v) is 9.11. The Bertz CT molecular complexity index is 1090. The van der Waals surface area contributed by atoms with Crippen molar-refractivity contribution in [3.63, 3.8) is 0 Å². The summed E-state index contributed by atoms with van der Waals surface area (Å²) in [6, 6.07) is 6.43. The molecule has 2 aromatic carbocycles. The minimum absolute atomic E-state index is 0.0385. The quantitative estimate of drug-likeness (QED) is 0.586. The lowest BCUT2D eigenvalue weighted by atomic mass is 10.1. The number of rotatable bonds is 5. The molecule has 13 heteroatoms. The zero-order chi connectivity index (χ0) is 22.8. The van der Waals surface area contributed by atoms with Gasteiger partial charge in [0.1, 0.15) is 0 Å². The van der Waals surface area contributed by atoms with Crippen LogP contribution in [0, 0.1) is 0 Å². The number of carbonyl (C=O) groups excluding carboxylic acids is 1. The Morgan fingerprint density at radius 3 is 2.29 bits per heavy atom. The van der Waals surface area contributed by atoms with Gasteiger partial charge in [0.05, 0.1) is 27.5 Å². The van der Waals surface area contributed by atoms with Crippen molar-refractivity contribution in [3.8, 4) is 0 Å². The first-order valence-electron chi connectivity index (χ1n) is 8.93. The van der Waals surface area contributed by atoms with Crippen molar-refractivity contribution in [2.75, 3.05) is 36.2 Å². The number of hydrogen-bond acceptors (Lipinski definition) is 4. The van der Waals surface area contributed by atoms with E-state index in [2.05, 4.69) is 15.4 Å². The molecule has 1 saturated heterocycles. The van der Waals surface area contributed by atoms with E-state index in [1.807, 2.05) is 0 Å². The highest BCUT2D eigenvalue weighted by molar-refractivity contribution is 7.90. The van der Waals surface area contributed by atoms with Crippen LogP contribution in [0.25, 0.3) is 0 Å². The van der Waals surface area contributed by atoms with Crippen LogP contribution in [0.1, 0.15) is 15.9 Å². The van der Waals surface area contributed by atoms with Crippen molar-refractivity contribution in [2.45, 2.75) is 6.18 Å². The highest BCUT2D eigenvalue weighted by Crippen LogP contribution is 2.34. The second kappa shape index (κ2) is 9.21. The van der Waals surface area contributed by atoms with E-state index in [1.54, 1.807) is 0 Å². The molecule has 1 fully saturated rings. The predicted molar refractivity (Wildman–Crippen MR) is 113 cm³/mol.